The Morgan fingerprint density at radius 1 is 0.594 bits per heavy atom. The standard InChI is InChI=1S/C29H36O3/c30-28-20-19-26(23-29(28)31)27(25-16-7-4-8-17-25)18-9-1-2-11-21-32-22-12-10-15-24-13-5-3-6-14-24/h3-8,13-14,16-17,19-20,23,27,30-31H,1-2,9-12,15,18,21-22H2. The fourth-order valence-corrected chi connectivity index (χ4v) is 4.15. The third kappa shape index (κ3) is 8.05. The van der Waals surface area contributed by atoms with Gasteiger partial charge in [-0.15, -0.1) is 0 Å². The zero-order valence-electron chi connectivity index (χ0n) is 19.0. The average Bonchev–Trinajstić information content (AvgIpc) is 2.83. The van der Waals surface area contributed by atoms with E-state index in [2.05, 4.69) is 54.6 Å². The SMILES string of the molecule is Oc1ccc(C(CCCCCCOCCCCc2ccccc2)c2ccccc2)cc1O. The van der Waals surface area contributed by atoms with Crippen LogP contribution in [0.1, 0.15) is 67.6 Å². The molecule has 0 aliphatic carbocycles. The van der Waals surface area contributed by atoms with Gasteiger partial charge in [-0.05, 0) is 60.9 Å². The molecule has 0 amide bonds. The molecule has 3 nitrogen and oxygen atoms in total. The molecule has 0 heterocycles. The number of rotatable bonds is 14. The average molecular weight is 433 g/mol. The van der Waals surface area contributed by atoms with Gasteiger partial charge in [-0.25, -0.2) is 0 Å². The Kier molecular flexibility index (Phi) is 10.1. The van der Waals surface area contributed by atoms with E-state index < -0.39 is 0 Å². The maximum absolute atomic E-state index is 9.94. The van der Waals surface area contributed by atoms with Crippen LogP contribution >= 0.6 is 0 Å². The lowest BCUT2D eigenvalue weighted by atomic mass is 9.86. The van der Waals surface area contributed by atoms with Gasteiger partial charge in [-0.1, -0.05) is 86.0 Å². The molecule has 0 fully saturated rings. The van der Waals surface area contributed by atoms with Crippen LogP contribution in [-0.4, -0.2) is 23.4 Å². The van der Waals surface area contributed by atoms with Gasteiger partial charge in [0.1, 0.15) is 0 Å². The van der Waals surface area contributed by atoms with Crippen molar-refractivity contribution in [1.82, 2.24) is 0 Å². The fraction of sp³-hybridized carbons (Fsp3) is 0.379. The number of unbranched alkanes of at least 4 members (excludes halogenated alkanes) is 4. The molecule has 0 spiro atoms. The summed E-state index contributed by atoms with van der Waals surface area (Å²) in [7, 11) is 0. The van der Waals surface area contributed by atoms with Crippen LogP contribution < -0.4 is 0 Å². The molecule has 0 bridgehead atoms. The Balaban J connectivity index is 1.31. The lowest BCUT2D eigenvalue weighted by molar-refractivity contribution is 0.126. The molecule has 32 heavy (non-hydrogen) atoms. The van der Waals surface area contributed by atoms with E-state index in [1.165, 1.54) is 30.4 Å². The van der Waals surface area contributed by atoms with Gasteiger partial charge in [0, 0.05) is 19.1 Å². The minimum absolute atomic E-state index is 0.0515. The first-order valence-electron chi connectivity index (χ1n) is 11.9. The molecule has 0 saturated carbocycles. The molecule has 2 N–H and O–H groups in total. The van der Waals surface area contributed by atoms with E-state index in [9.17, 15) is 10.2 Å². The topological polar surface area (TPSA) is 49.7 Å². The first kappa shape index (κ1) is 23.9. The summed E-state index contributed by atoms with van der Waals surface area (Å²) in [5.41, 5.74) is 3.70. The number of phenols is 2. The molecule has 1 atom stereocenters. The highest BCUT2D eigenvalue weighted by atomic mass is 16.5. The highest BCUT2D eigenvalue weighted by molar-refractivity contribution is 5.44. The van der Waals surface area contributed by atoms with Gasteiger partial charge in [0.15, 0.2) is 11.5 Å². The van der Waals surface area contributed by atoms with Gasteiger partial charge >= 0.3 is 0 Å². The third-order valence-corrected chi connectivity index (χ3v) is 5.98. The molecule has 0 saturated heterocycles. The predicted molar refractivity (Wildman–Crippen MR) is 131 cm³/mol. The lowest BCUT2D eigenvalue weighted by Gasteiger charge is -2.18. The number of aromatic hydroxyl groups is 2. The van der Waals surface area contributed by atoms with Crippen LogP contribution in [0.5, 0.6) is 11.5 Å². The molecule has 0 aromatic heterocycles. The minimum Gasteiger partial charge on any atom is -0.504 e. The van der Waals surface area contributed by atoms with Gasteiger partial charge in [-0.2, -0.15) is 0 Å². The van der Waals surface area contributed by atoms with Crippen LogP contribution in [0.2, 0.25) is 0 Å². The highest BCUT2D eigenvalue weighted by Crippen LogP contribution is 2.34. The molecule has 3 aromatic rings. The molecule has 0 radical (unpaired) electrons. The molecular formula is C29H36O3. The third-order valence-electron chi connectivity index (χ3n) is 5.98. The lowest BCUT2D eigenvalue weighted by Crippen LogP contribution is -2.02. The summed E-state index contributed by atoms with van der Waals surface area (Å²) in [5.74, 6) is 0.105. The summed E-state index contributed by atoms with van der Waals surface area (Å²) in [6.07, 6.45) is 9.02. The number of hydrogen-bond donors (Lipinski definition) is 2. The summed E-state index contributed by atoms with van der Waals surface area (Å²) in [6, 6.07) is 26.2. The second-order valence-corrected chi connectivity index (χ2v) is 8.47. The van der Waals surface area contributed by atoms with Crippen LogP contribution in [-0.2, 0) is 11.2 Å². The van der Waals surface area contributed by atoms with E-state index in [1.807, 2.05) is 12.1 Å². The molecule has 1 unspecified atom stereocenters. The van der Waals surface area contributed by atoms with Crippen LogP contribution in [0.4, 0.5) is 0 Å². The van der Waals surface area contributed by atoms with E-state index in [4.69, 9.17) is 4.74 Å². The van der Waals surface area contributed by atoms with E-state index in [1.54, 1.807) is 12.1 Å². The quantitative estimate of drug-likeness (QED) is 0.209. The van der Waals surface area contributed by atoms with Crippen LogP contribution in [0.15, 0.2) is 78.9 Å². The van der Waals surface area contributed by atoms with Crippen molar-refractivity contribution in [3.63, 3.8) is 0 Å². The molecule has 0 aliphatic heterocycles. The highest BCUT2D eigenvalue weighted by Gasteiger charge is 2.15. The Bertz CT molecular complexity index is 893. The number of phenolic OH excluding ortho intramolecular Hbond substituents is 2. The first-order valence-corrected chi connectivity index (χ1v) is 11.9. The van der Waals surface area contributed by atoms with Crippen molar-refractivity contribution in [1.29, 1.82) is 0 Å². The zero-order valence-corrected chi connectivity index (χ0v) is 19.0. The van der Waals surface area contributed by atoms with E-state index in [-0.39, 0.29) is 17.4 Å². The van der Waals surface area contributed by atoms with Crippen molar-refractivity contribution < 1.29 is 14.9 Å². The Labute approximate surface area is 192 Å². The summed E-state index contributed by atoms with van der Waals surface area (Å²) in [5, 5.41) is 19.6. The van der Waals surface area contributed by atoms with Gasteiger partial charge in [0.25, 0.3) is 0 Å². The molecule has 170 valence electrons. The Morgan fingerprint density at radius 3 is 1.97 bits per heavy atom. The van der Waals surface area contributed by atoms with Gasteiger partial charge in [-0.3, -0.25) is 0 Å². The number of hydrogen-bond acceptors (Lipinski definition) is 3. The van der Waals surface area contributed by atoms with Crippen molar-refractivity contribution in [2.75, 3.05) is 13.2 Å². The predicted octanol–water partition coefficient (Wildman–Crippen LogP) is 7.22. The maximum Gasteiger partial charge on any atom is 0.157 e. The Morgan fingerprint density at radius 2 is 1.25 bits per heavy atom. The van der Waals surface area contributed by atoms with Crippen LogP contribution in [0.3, 0.4) is 0 Å². The van der Waals surface area contributed by atoms with Crippen molar-refractivity contribution in [2.45, 2.75) is 57.3 Å². The normalized spacial score (nSPS) is 12.0. The van der Waals surface area contributed by atoms with Crippen molar-refractivity contribution in [2.24, 2.45) is 0 Å². The summed E-state index contributed by atoms with van der Waals surface area (Å²) in [6.45, 7) is 1.70. The molecule has 3 heteroatoms. The van der Waals surface area contributed by atoms with E-state index in [0.717, 1.165) is 50.9 Å². The summed E-state index contributed by atoms with van der Waals surface area (Å²) >= 11 is 0. The second kappa shape index (κ2) is 13.6. The summed E-state index contributed by atoms with van der Waals surface area (Å²) < 4.78 is 5.81. The van der Waals surface area contributed by atoms with Crippen molar-refractivity contribution in [3.05, 3.63) is 95.6 Å². The fourth-order valence-electron chi connectivity index (χ4n) is 4.15. The number of ether oxygens (including phenoxy) is 1. The Hall–Kier alpha value is -2.78. The van der Waals surface area contributed by atoms with Gasteiger partial charge in [0.2, 0.25) is 0 Å². The molecule has 0 aliphatic rings. The molecule has 3 rings (SSSR count). The van der Waals surface area contributed by atoms with Crippen molar-refractivity contribution in [3.8, 4) is 11.5 Å². The molecule has 3 aromatic carbocycles. The van der Waals surface area contributed by atoms with E-state index in [0.29, 0.717) is 0 Å². The molecular weight excluding hydrogens is 396 g/mol. The van der Waals surface area contributed by atoms with Crippen LogP contribution in [0.25, 0.3) is 0 Å². The monoisotopic (exact) mass is 432 g/mol. The zero-order chi connectivity index (χ0) is 22.4. The largest absolute Gasteiger partial charge is 0.504 e. The van der Waals surface area contributed by atoms with Gasteiger partial charge in [0.05, 0.1) is 0 Å². The van der Waals surface area contributed by atoms with E-state index >= 15 is 0 Å². The smallest absolute Gasteiger partial charge is 0.157 e. The van der Waals surface area contributed by atoms with Crippen molar-refractivity contribution >= 4 is 0 Å². The number of benzene rings is 3. The van der Waals surface area contributed by atoms with Gasteiger partial charge < -0.3 is 14.9 Å². The van der Waals surface area contributed by atoms with Crippen LogP contribution in [0, 0.1) is 0 Å². The second-order valence-electron chi connectivity index (χ2n) is 8.47. The minimum atomic E-state index is -0.0689. The first-order chi connectivity index (χ1) is 15.7. The summed E-state index contributed by atoms with van der Waals surface area (Å²) in [4.78, 5) is 0. The number of aryl methyl sites for hydroxylation is 1. The maximum atomic E-state index is 9.94.